The zero-order valence-electron chi connectivity index (χ0n) is 23.6. The van der Waals surface area contributed by atoms with Gasteiger partial charge in [-0.1, -0.05) is 79.4 Å². The molecule has 0 unspecified atom stereocenters. The molecule has 0 spiro atoms. The Bertz CT molecular complexity index is 1520. The third-order valence-electron chi connectivity index (χ3n) is 7.47. The van der Waals surface area contributed by atoms with Crippen molar-refractivity contribution in [1.82, 2.24) is 10.2 Å². The van der Waals surface area contributed by atoms with Gasteiger partial charge in [0, 0.05) is 12.6 Å². The van der Waals surface area contributed by atoms with Crippen LogP contribution in [0.1, 0.15) is 50.2 Å². The summed E-state index contributed by atoms with van der Waals surface area (Å²) < 4.78 is 69.6. The van der Waals surface area contributed by atoms with Gasteiger partial charge in [-0.05, 0) is 55.7 Å². The summed E-state index contributed by atoms with van der Waals surface area (Å²) in [5.41, 5.74) is -0.946. The molecule has 0 bridgehead atoms. The summed E-state index contributed by atoms with van der Waals surface area (Å²) in [4.78, 5) is 28.4. The first kappa shape index (κ1) is 32.3. The molecule has 1 saturated carbocycles. The maximum atomic E-state index is 14.0. The highest BCUT2D eigenvalue weighted by Crippen LogP contribution is 2.38. The van der Waals surface area contributed by atoms with Crippen LogP contribution in [0.4, 0.5) is 18.9 Å². The Morgan fingerprint density at radius 2 is 1.56 bits per heavy atom. The molecular formula is C31H33ClF3N3O4S. The van der Waals surface area contributed by atoms with Crippen molar-refractivity contribution in [2.75, 3.05) is 10.8 Å². The quantitative estimate of drug-likeness (QED) is 0.279. The highest BCUT2D eigenvalue weighted by atomic mass is 35.5. The summed E-state index contributed by atoms with van der Waals surface area (Å²) in [5, 5.41) is 2.39. The number of sulfonamides is 1. The first-order chi connectivity index (χ1) is 20.4. The molecule has 3 aromatic rings. The van der Waals surface area contributed by atoms with Gasteiger partial charge in [-0.3, -0.25) is 13.9 Å². The van der Waals surface area contributed by atoms with Crippen LogP contribution in [0.2, 0.25) is 5.02 Å². The van der Waals surface area contributed by atoms with Gasteiger partial charge in [0.05, 0.1) is 21.2 Å². The number of nitrogens with zero attached hydrogens (tertiary/aromatic N) is 2. The molecule has 1 aliphatic carbocycles. The van der Waals surface area contributed by atoms with Crippen molar-refractivity contribution in [3.8, 4) is 0 Å². The number of amides is 2. The zero-order chi connectivity index (χ0) is 31.2. The summed E-state index contributed by atoms with van der Waals surface area (Å²) >= 11 is 5.81. The Labute approximate surface area is 254 Å². The summed E-state index contributed by atoms with van der Waals surface area (Å²) in [6.45, 7) is 0.676. The molecule has 7 nitrogen and oxygen atoms in total. The Balaban J connectivity index is 1.72. The molecular weight excluding hydrogens is 603 g/mol. The molecule has 1 N–H and O–H groups in total. The van der Waals surface area contributed by atoms with Crippen LogP contribution >= 0.6 is 11.6 Å². The van der Waals surface area contributed by atoms with Crippen LogP contribution in [-0.2, 0) is 32.3 Å². The Kier molecular flexibility index (Phi) is 10.4. The lowest BCUT2D eigenvalue weighted by Crippen LogP contribution is -2.53. The number of nitrogens with one attached hydrogen (secondary N) is 1. The van der Waals surface area contributed by atoms with E-state index in [1.54, 1.807) is 43.3 Å². The first-order valence-corrected chi connectivity index (χ1v) is 15.8. The molecule has 1 aliphatic rings. The van der Waals surface area contributed by atoms with Gasteiger partial charge in [-0.15, -0.1) is 0 Å². The van der Waals surface area contributed by atoms with Crippen molar-refractivity contribution in [2.24, 2.45) is 0 Å². The largest absolute Gasteiger partial charge is 0.417 e. The highest BCUT2D eigenvalue weighted by Gasteiger charge is 2.37. The van der Waals surface area contributed by atoms with Crippen molar-refractivity contribution < 1.29 is 31.2 Å². The van der Waals surface area contributed by atoms with Crippen molar-refractivity contribution in [2.45, 2.75) is 68.7 Å². The standard InChI is InChI=1S/C31H33ClF3N3O4S/c1-22(30(40)36-24-13-7-3-8-14-24)37(20-23-11-5-2-6-12-23)29(39)21-38(43(41,42)26-15-9-4-10-16-26)25-17-18-28(32)27(19-25)31(33,34)35/h2,4-6,9-12,15-19,22,24H,3,7-8,13-14,20-21H2,1H3,(H,36,40)/t22-/m0/s1. The lowest BCUT2D eigenvalue weighted by Gasteiger charge is -2.33. The van der Waals surface area contributed by atoms with Gasteiger partial charge >= 0.3 is 6.18 Å². The topological polar surface area (TPSA) is 86.8 Å². The molecule has 0 saturated heterocycles. The van der Waals surface area contributed by atoms with E-state index in [0.717, 1.165) is 44.2 Å². The fraction of sp³-hybridized carbons (Fsp3) is 0.355. The minimum atomic E-state index is -4.87. The fourth-order valence-electron chi connectivity index (χ4n) is 5.07. The van der Waals surface area contributed by atoms with E-state index in [9.17, 15) is 31.2 Å². The molecule has 0 radical (unpaired) electrons. The van der Waals surface area contributed by atoms with E-state index in [0.29, 0.717) is 15.9 Å². The number of carbonyl (C=O) groups is 2. The number of halogens is 4. The molecule has 1 fully saturated rings. The number of alkyl halides is 3. The first-order valence-electron chi connectivity index (χ1n) is 14.0. The maximum absolute atomic E-state index is 14.0. The molecule has 3 aromatic carbocycles. The van der Waals surface area contributed by atoms with Crippen molar-refractivity contribution >= 4 is 39.1 Å². The third kappa shape index (κ3) is 8.08. The molecule has 2 amide bonds. The Hall–Kier alpha value is -3.57. The monoisotopic (exact) mass is 635 g/mol. The lowest BCUT2D eigenvalue weighted by atomic mass is 9.95. The molecule has 43 heavy (non-hydrogen) atoms. The van der Waals surface area contributed by atoms with Crippen molar-refractivity contribution in [3.63, 3.8) is 0 Å². The van der Waals surface area contributed by atoms with Gasteiger partial charge in [0.15, 0.2) is 0 Å². The van der Waals surface area contributed by atoms with Gasteiger partial charge in [0.25, 0.3) is 10.0 Å². The summed E-state index contributed by atoms with van der Waals surface area (Å²) in [6.07, 6.45) is -0.158. The van der Waals surface area contributed by atoms with E-state index >= 15 is 0 Å². The number of hydrogen-bond acceptors (Lipinski definition) is 4. The van der Waals surface area contributed by atoms with Crippen LogP contribution in [0.5, 0.6) is 0 Å². The SMILES string of the molecule is C[C@@H](C(=O)NC1CCCCC1)N(Cc1ccccc1)C(=O)CN(c1ccc(Cl)c(C(F)(F)F)c1)S(=O)(=O)c1ccccc1. The van der Waals surface area contributed by atoms with E-state index in [1.165, 1.54) is 29.2 Å². The second-order valence-electron chi connectivity index (χ2n) is 10.5. The van der Waals surface area contributed by atoms with Crippen molar-refractivity contribution in [3.05, 3.63) is 95.0 Å². The van der Waals surface area contributed by atoms with Crippen molar-refractivity contribution in [1.29, 1.82) is 0 Å². The summed E-state index contributed by atoms with van der Waals surface area (Å²) in [5.74, 6) is -1.15. The fourth-order valence-corrected chi connectivity index (χ4v) is 6.72. The summed E-state index contributed by atoms with van der Waals surface area (Å²) in [7, 11) is -4.52. The number of rotatable bonds is 10. The molecule has 12 heteroatoms. The third-order valence-corrected chi connectivity index (χ3v) is 9.59. The van der Waals surface area contributed by atoms with E-state index in [4.69, 9.17) is 11.6 Å². The molecule has 0 aromatic heterocycles. The van der Waals surface area contributed by atoms with Crippen LogP contribution < -0.4 is 9.62 Å². The van der Waals surface area contributed by atoms with E-state index in [1.807, 2.05) is 0 Å². The average Bonchev–Trinajstić information content (AvgIpc) is 2.99. The number of carbonyl (C=O) groups excluding carboxylic acids is 2. The van der Waals surface area contributed by atoms with Crippen LogP contribution in [0.15, 0.2) is 83.8 Å². The highest BCUT2D eigenvalue weighted by molar-refractivity contribution is 7.92. The second-order valence-corrected chi connectivity index (χ2v) is 12.8. The molecule has 1 atom stereocenters. The van der Waals surface area contributed by atoms with Crippen LogP contribution in [0.3, 0.4) is 0 Å². The predicted octanol–water partition coefficient (Wildman–Crippen LogP) is 6.42. The van der Waals surface area contributed by atoms with Crippen LogP contribution in [0.25, 0.3) is 0 Å². The number of hydrogen-bond donors (Lipinski definition) is 1. The molecule has 0 aliphatic heterocycles. The van der Waals surface area contributed by atoms with Crippen LogP contribution in [-0.4, -0.2) is 43.8 Å². The molecule has 4 rings (SSSR count). The van der Waals surface area contributed by atoms with Gasteiger partial charge in [0.2, 0.25) is 11.8 Å². The van der Waals surface area contributed by atoms with Gasteiger partial charge in [0.1, 0.15) is 12.6 Å². The minimum Gasteiger partial charge on any atom is -0.352 e. The lowest BCUT2D eigenvalue weighted by molar-refractivity contribution is -0.139. The Morgan fingerprint density at radius 3 is 2.16 bits per heavy atom. The number of anilines is 1. The molecule has 230 valence electrons. The van der Waals surface area contributed by atoms with Crippen LogP contribution in [0, 0.1) is 0 Å². The van der Waals surface area contributed by atoms with E-state index < -0.39 is 51.0 Å². The molecule has 0 heterocycles. The second kappa shape index (κ2) is 13.8. The maximum Gasteiger partial charge on any atom is 0.417 e. The van der Waals surface area contributed by atoms with Gasteiger partial charge < -0.3 is 10.2 Å². The average molecular weight is 636 g/mol. The normalized spacial score (nSPS) is 15.0. The van der Waals surface area contributed by atoms with Gasteiger partial charge in [-0.25, -0.2) is 8.42 Å². The zero-order valence-corrected chi connectivity index (χ0v) is 25.1. The van der Waals surface area contributed by atoms with E-state index in [2.05, 4.69) is 5.32 Å². The summed E-state index contributed by atoms with van der Waals surface area (Å²) in [6, 6.07) is 17.6. The van der Waals surface area contributed by atoms with E-state index in [-0.39, 0.29) is 23.4 Å². The predicted molar refractivity (Wildman–Crippen MR) is 159 cm³/mol. The minimum absolute atomic E-state index is 0.0213. The number of benzene rings is 3. The smallest absolute Gasteiger partial charge is 0.352 e. The Morgan fingerprint density at radius 1 is 0.953 bits per heavy atom. The van der Waals surface area contributed by atoms with Gasteiger partial charge in [-0.2, -0.15) is 13.2 Å².